The first kappa shape index (κ1) is 53.2. The summed E-state index contributed by atoms with van der Waals surface area (Å²) in [6.45, 7) is 3.56. The van der Waals surface area contributed by atoms with Crippen molar-refractivity contribution >= 4 is 13.8 Å². The molecular weight excluding hydrogens is 703 g/mol. The van der Waals surface area contributed by atoms with E-state index in [1.165, 1.54) is 161 Å². The molecule has 0 saturated carbocycles. The molecule has 0 heterocycles. The average molecular weight is 791 g/mol. The molecule has 54 heavy (non-hydrogen) atoms. The lowest BCUT2D eigenvalue weighted by atomic mass is 10.0. The summed E-state index contributed by atoms with van der Waals surface area (Å²) in [5.41, 5.74) is 0. The van der Waals surface area contributed by atoms with E-state index < -0.39 is 33.2 Å². The molecule has 322 valence electrons. The van der Waals surface area contributed by atoms with Gasteiger partial charge in [-0.05, 0) is 38.5 Å². The highest BCUT2D eigenvalue weighted by Gasteiger charge is 2.26. The summed E-state index contributed by atoms with van der Waals surface area (Å²) >= 11 is 0. The van der Waals surface area contributed by atoms with Crippen molar-refractivity contribution in [2.75, 3.05) is 33.0 Å². The number of rotatable bonds is 44. The van der Waals surface area contributed by atoms with Gasteiger partial charge in [0.05, 0.1) is 26.4 Å². The standard InChI is InChI=1S/C44H87O9P/c1-3-5-7-9-11-13-15-17-19-20-21-22-24-26-28-30-32-34-36-44(47)53-43(41-52-54(48,49)51-39-42(46)38-45)40-50-37-35-33-31-29-27-25-23-18-16-14-12-10-8-6-4-2/h19-20,42-43,45-46H,3-18,21-41H2,1-2H3,(H,48,49)/b20-19-. The first-order valence-electron chi connectivity index (χ1n) is 22.7. The van der Waals surface area contributed by atoms with Crippen LogP contribution < -0.4 is 0 Å². The van der Waals surface area contributed by atoms with Crippen molar-refractivity contribution in [1.29, 1.82) is 0 Å². The van der Waals surface area contributed by atoms with E-state index in [1.54, 1.807) is 0 Å². The first-order valence-corrected chi connectivity index (χ1v) is 24.2. The van der Waals surface area contributed by atoms with Gasteiger partial charge in [0.25, 0.3) is 0 Å². The Kier molecular flexibility index (Phi) is 41.2. The summed E-state index contributed by atoms with van der Waals surface area (Å²) < 4.78 is 33.4. The number of phosphoric acid groups is 1. The van der Waals surface area contributed by atoms with Crippen LogP contribution in [0.2, 0.25) is 0 Å². The van der Waals surface area contributed by atoms with Crippen LogP contribution in [0.15, 0.2) is 12.2 Å². The largest absolute Gasteiger partial charge is 0.472 e. The minimum absolute atomic E-state index is 0.0535. The van der Waals surface area contributed by atoms with Gasteiger partial charge in [-0.15, -0.1) is 0 Å². The van der Waals surface area contributed by atoms with Gasteiger partial charge in [-0.2, -0.15) is 0 Å². The molecule has 0 fully saturated rings. The summed E-state index contributed by atoms with van der Waals surface area (Å²) in [7, 11) is -4.51. The van der Waals surface area contributed by atoms with Crippen LogP contribution in [0.1, 0.15) is 219 Å². The van der Waals surface area contributed by atoms with Crippen LogP contribution in [0.25, 0.3) is 0 Å². The Labute approximate surface area is 332 Å². The number of carbonyl (C=O) groups excluding carboxylic acids is 1. The van der Waals surface area contributed by atoms with Crippen molar-refractivity contribution in [3.8, 4) is 0 Å². The Morgan fingerprint density at radius 3 is 1.39 bits per heavy atom. The zero-order valence-corrected chi connectivity index (χ0v) is 36.1. The zero-order valence-electron chi connectivity index (χ0n) is 35.2. The van der Waals surface area contributed by atoms with Crippen molar-refractivity contribution in [3.63, 3.8) is 0 Å². The number of aliphatic hydroxyl groups excluding tert-OH is 2. The van der Waals surface area contributed by atoms with Crippen LogP contribution in [0, 0.1) is 0 Å². The smallest absolute Gasteiger partial charge is 0.457 e. The lowest BCUT2D eigenvalue weighted by Crippen LogP contribution is -2.29. The molecule has 0 aromatic heterocycles. The quantitative estimate of drug-likeness (QED) is 0.0239. The highest BCUT2D eigenvalue weighted by molar-refractivity contribution is 7.47. The van der Waals surface area contributed by atoms with E-state index in [0.717, 1.165) is 38.5 Å². The van der Waals surface area contributed by atoms with Gasteiger partial charge in [0.2, 0.25) is 0 Å². The number of hydrogen-bond donors (Lipinski definition) is 3. The van der Waals surface area contributed by atoms with E-state index in [2.05, 4.69) is 26.0 Å². The molecule has 0 aromatic carbocycles. The summed E-state index contributed by atoms with van der Waals surface area (Å²) in [5.74, 6) is -0.383. The molecule has 0 bridgehead atoms. The normalized spacial score (nSPS) is 14.1. The van der Waals surface area contributed by atoms with Crippen molar-refractivity contribution in [3.05, 3.63) is 12.2 Å². The van der Waals surface area contributed by atoms with Crippen molar-refractivity contribution < 1.29 is 43.0 Å². The maximum absolute atomic E-state index is 12.6. The summed E-state index contributed by atoms with van der Waals surface area (Å²) in [6.07, 6.45) is 41.6. The molecule has 0 radical (unpaired) electrons. The molecule has 0 aliphatic rings. The molecule has 3 N–H and O–H groups in total. The first-order chi connectivity index (χ1) is 26.3. The fraction of sp³-hybridized carbons (Fsp3) is 0.932. The molecule has 0 rings (SSSR count). The Balaban J connectivity index is 4.12. The second-order valence-electron chi connectivity index (χ2n) is 15.4. The molecule has 3 atom stereocenters. The highest BCUT2D eigenvalue weighted by Crippen LogP contribution is 2.43. The maximum Gasteiger partial charge on any atom is 0.472 e. The van der Waals surface area contributed by atoms with Gasteiger partial charge in [-0.1, -0.05) is 187 Å². The van der Waals surface area contributed by atoms with E-state index in [4.69, 9.17) is 23.6 Å². The third-order valence-corrected chi connectivity index (χ3v) is 10.9. The van der Waals surface area contributed by atoms with Crippen LogP contribution in [-0.2, 0) is 27.9 Å². The third kappa shape index (κ3) is 40.9. The number of aliphatic hydroxyl groups is 2. The molecule has 3 unspecified atom stereocenters. The summed E-state index contributed by atoms with van der Waals surface area (Å²) in [6, 6.07) is 0. The Morgan fingerprint density at radius 2 is 0.944 bits per heavy atom. The summed E-state index contributed by atoms with van der Waals surface area (Å²) in [4.78, 5) is 22.6. The van der Waals surface area contributed by atoms with E-state index in [1.807, 2.05) is 0 Å². The van der Waals surface area contributed by atoms with E-state index in [9.17, 15) is 19.4 Å². The molecule has 9 nitrogen and oxygen atoms in total. The van der Waals surface area contributed by atoms with E-state index in [-0.39, 0.29) is 25.6 Å². The predicted octanol–water partition coefficient (Wildman–Crippen LogP) is 12.5. The molecule has 0 saturated heterocycles. The van der Waals surface area contributed by atoms with Gasteiger partial charge in [0.1, 0.15) is 12.2 Å². The Morgan fingerprint density at radius 1 is 0.556 bits per heavy atom. The second-order valence-corrected chi connectivity index (χ2v) is 16.9. The highest BCUT2D eigenvalue weighted by atomic mass is 31.2. The van der Waals surface area contributed by atoms with Gasteiger partial charge in [-0.3, -0.25) is 13.8 Å². The molecule has 0 aliphatic heterocycles. The van der Waals surface area contributed by atoms with E-state index >= 15 is 0 Å². The number of unbranched alkanes of at least 4 members (excludes halogenated alkanes) is 28. The Hall–Kier alpha value is -0.800. The Bertz CT molecular complexity index is 856. The molecule has 0 aliphatic carbocycles. The lowest BCUT2D eigenvalue weighted by molar-refractivity contribution is -0.154. The molecular formula is C44H87O9P. The minimum atomic E-state index is -4.51. The number of ether oxygens (including phenoxy) is 2. The number of allylic oxidation sites excluding steroid dienone is 2. The van der Waals surface area contributed by atoms with E-state index in [0.29, 0.717) is 6.61 Å². The lowest BCUT2D eigenvalue weighted by Gasteiger charge is -2.20. The van der Waals surface area contributed by atoms with Gasteiger partial charge >= 0.3 is 13.8 Å². The molecule has 0 spiro atoms. The number of carbonyl (C=O) groups is 1. The van der Waals surface area contributed by atoms with Gasteiger partial charge < -0.3 is 24.6 Å². The summed E-state index contributed by atoms with van der Waals surface area (Å²) in [5, 5.41) is 18.4. The zero-order chi connectivity index (χ0) is 39.6. The molecule has 0 aromatic rings. The van der Waals surface area contributed by atoms with Crippen LogP contribution >= 0.6 is 7.82 Å². The fourth-order valence-electron chi connectivity index (χ4n) is 6.47. The third-order valence-electron chi connectivity index (χ3n) is 9.95. The van der Waals surface area contributed by atoms with Crippen molar-refractivity contribution in [1.82, 2.24) is 0 Å². The molecule has 10 heteroatoms. The molecule has 0 amide bonds. The second kappa shape index (κ2) is 41.8. The minimum Gasteiger partial charge on any atom is -0.457 e. The van der Waals surface area contributed by atoms with Crippen LogP contribution in [-0.4, -0.2) is 66.3 Å². The number of esters is 1. The SMILES string of the molecule is CCCCCCCCC/C=C\CCCCCCCCCC(=O)OC(COCCCCCCCCCCCCCCCCC)COP(=O)(O)OCC(O)CO. The van der Waals surface area contributed by atoms with Gasteiger partial charge in [-0.25, -0.2) is 4.57 Å². The van der Waals surface area contributed by atoms with Crippen LogP contribution in [0.4, 0.5) is 0 Å². The maximum atomic E-state index is 12.6. The fourth-order valence-corrected chi connectivity index (χ4v) is 7.26. The van der Waals surface area contributed by atoms with Crippen molar-refractivity contribution in [2.45, 2.75) is 232 Å². The number of phosphoric ester groups is 1. The van der Waals surface area contributed by atoms with Gasteiger partial charge in [0, 0.05) is 13.0 Å². The van der Waals surface area contributed by atoms with Crippen LogP contribution in [0.5, 0.6) is 0 Å². The van der Waals surface area contributed by atoms with Crippen LogP contribution in [0.3, 0.4) is 0 Å². The van der Waals surface area contributed by atoms with Gasteiger partial charge in [0.15, 0.2) is 0 Å². The average Bonchev–Trinajstić information content (AvgIpc) is 3.16. The predicted molar refractivity (Wildman–Crippen MR) is 224 cm³/mol. The monoisotopic (exact) mass is 791 g/mol. The van der Waals surface area contributed by atoms with Crippen molar-refractivity contribution in [2.24, 2.45) is 0 Å². The topological polar surface area (TPSA) is 132 Å². The number of hydrogen-bond acceptors (Lipinski definition) is 8.